The molecule has 5 nitrogen and oxygen atoms in total. The van der Waals surface area contributed by atoms with E-state index < -0.39 is 0 Å². The molecule has 3 amide bonds. The van der Waals surface area contributed by atoms with Crippen LogP contribution in [-0.2, 0) is 14.4 Å². The van der Waals surface area contributed by atoms with Crippen molar-refractivity contribution in [2.75, 3.05) is 6.54 Å². The summed E-state index contributed by atoms with van der Waals surface area (Å²) in [5, 5.41) is 2.97. The van der Waals surface area contributed by atoms with E-state index in [1.165, 1.54) is 4.90 Å². The number of carbonyl (C=O) groups excluding carboxylic acids is 3. The van der Waals surface area contributed by atoms with Gasteiger partial charge in [-0.2, -0.15) is 0 Å². The van der Waals surface area contributed by atoms with Gasteiger partial charge in [0.05, 0.1) is 17.9 Å². The van der Waals surface area contributed by atoms with Gasteiger partial charge in [-0.25, -0.2) is 0 Å². The highest BCUT2D eigenvalue weighted by atomic mass is 16.2. The lowest BCUT2D eigenvalue weighted by Crippen LogP contribution is -2.36. The van der Waals surface area contributed by atoms with Gasteiger partial charge in [0.1, 0.15) is 0 Å². The quantitative estimate of drug-likeness (QED) is 0.837. The number of rotatable bonds is 5. The predicted molar refractivity (Wildman–Crippen MR) is 94.5 cm³/mol. The molecule has 1 N–H and O–H groups in total. The Labute approximate surface area is 148 Å². The van der Waals surface area contributed by atoms with E-state index in [9.17, 15) is 14.4 Å². The highest BCUT2D eigenvalue weighted by Crippen LogP contribution is 2.37. The standard InChI is InChI=1S/C20H26N2O3/c1-13-7-3-4-8-15(13)14(2)21-18(23)11-12-22-19(24)16-9-5-6-10-17(16)20(22)25/h3-4,7-8,14,16-17H,5-6,9-12H2,1-2H3,(H,21,23). The third-order valence-electron chi connectivity index (χ3n) is 5.53. The molecule has 3 rings (SSSR count). The Morgan fingerprint density at radius 1 is 1.16 bits per heavy atom. The molecular weight excluding hydrogens is 316 g/mol. The zero-order valence-electron chi connectivity index (χ0n) is 15.0. The highest BCUT2D eigenvalue weighted by Gasteiger charge is 2.47. The van der Waals surface area contributed by atoms with Crippen LogP contribution in [0.25, 0.3) is 0 Å². The van der Waals surface area contributed by atoms with Crippen LogP contribution in [0, 0.1) is 18.8 Å². The van der Waals surface area contributed by atoms with E-state index in [2.05, 4.69) is 5.32 Å². The van der Waals surface area contributed by atoms with Crippen LogP contribution in [0.1, 0.15) is 56.2 Å². The second-order valence-electron chi connectivity index (χ2n) is 7.22. The maximum absolute atomic E-state index is 12.4. The number of aryl methyl sites for hydroxylation is 1. The van der Waals surface area contributed by atoms with Crippen molar-refractivity contribution in [1.82, 2.24) is 10.2 Å². The number of carbonyl (C=O) groups is 3. The second kappa shape index (κ2) is 7.38. The fraction of sp³-hybridized carbons (Fsp3) is 0.550. The van der Waals surface area contributed by atoms with Crippen LogP contribution >= 0.6 is 0 Å². The van der Waals surface area contributed by atoms with Crippen molar-refractivity contribution in [3.63, 3.8) is 0 Å². The molecule has 3 atom stereocenters. The summed E-state index contributed by atoms with van der Waals surface area (Å²) in [5.41, 5.74) is 2.21. The van der Waals surface area contributed by atoms with Gasteiger partial charge in [0.25, 0.3) is 0 Å². The molecule has 0 bridgehead atoms. The molecule has 5 heteroatoms. The number of hydrogen-bond acceptors (Lipinski definition) is 3. The van der Waals surface area contributed by atoms with Crippen LogP contribution < -0.4 is 5.32 Å². The van der Waals surface area contributed by atoms with Crippen LogP contribution in [-0.4, -0.2) is 29.2 Å². The Morgan fingerprint density at radius 2 is 1.76 bits per heavy atom. The van der Waals surface area contributed by atoms with Crippen LogP contribution in [0.4, 0.5) is 0 Å². The summed E-state index contributed by atoms with van der Waals surface area (Å²) in [6.07, 6.45) is 3.81. The smallest absolute Gasteiger partial charge is 0.233 e. The fourth-order valence-corrected chi connectivity index (χ4v) is 4.13. The Balaban J connectivity index is 1.55. The van der Waals surface area contributed by atoms with Crippen LogP contribution in [0.2, 0.25) is 0 Å². The summed E-state index contributed by atoms with van der Waals surface area (Å²) in [6, 6.07) is 7.84. The molecule has 1 saturated heterocycles. The molecule has 1 aliphatic carbocycles. The Bertz CT molecular complexity index is 661. The summed E-state index contributed by atoms with van der Waals surface area (Å²) >= 11 is 0. The maximum atomic E-state index is 12.4. The molecular formula is C20H26N2O3. The lowest BCUT2D eigenvalue weighted by Gasteiger charge is -2.19. The van der Waals surface area contributed by atoms with E-state index in [0.29, 0.717) is 0 Å². The summed E-state index contributed by atoms with van der Waals surface area (Å²) in [7, 11) is 0. The number of fused-ring (bicyclic) bond motifs is 1. The fourth-order valence-electron chi connectivity index (χ4n) is 4.13. The van der Waals surface area contributed by atoms with Crippen LogP contribution in [0.15, 0.2) is 24.3 Å². The van der Waals surface area contributed by atoms with Gasteiger partial charge < -0.3 is 5.32 Å². The molecule has 0 spiro atoms. The Kier molecular flexibility index (Phi) is 5.21. The zero-order valence-corrected chi connectivity index (χ0v) is 15.0. The van der Waals surface area contributed by atoms with Gasteiger partial charge >= 0.3 is 0 Å². The minimum atomic E-state index is -0.143. The molecule has 1 aromatic rings. The minimum absolute atomic E-state index is 0.0746. The molecule has 1 aliphatic heterocycles. The van der Waals surface area contributed by atoms with E-state index >= 15 is 0 Å². The lowest BCUT2D eigenvalue weighted by molar-refractivity contribution is -0.140. The van der Waals surface area contributed by atoms with Gasteiger partial charge in [-0.15, -0.1) is 0 Å². The van der Waals surface area contributed by atoms with Gasteiger partial charge in [-0.3, -0.25) is 19.3 Å². The highest BCUT2D eigenvalue weighted by molar-refractivity contribution is 6.05. The second-order valence-corrected chi connectivity index (χ2v) is 7.22. The van der Waals surface area contributed by atoms with E-state index in [4.69, 9.17) is 0 Å². The molecule has 0 radical (unpaired) electrons. The van der Waals surface area contributed by atoms with E-state index in [-0.39, 0.29) is 48.6 Å². The Morgan fingerprint density at radius 3 is 2.36 bits per heavy atom. The Hall–Kier alpha value is -2.17. The van der Waals surface area contributed by atoms with Gasteiger partial charge in [-0.05, 0) is 37.8 Å². The van der Waals surface area contributed by atoms with Crippen molar-refractivity contribution in [2.45, 2.75) is 52.0 Å². The van der Waals surface area contributed by atoms with Gasteiger partial charge in [-0.1, -0.05) is 37.1 Å². The van der Waals surface area contributed by atoms with Crippen LogP contribution in [0.5, 0.6) is 0 Å². The molecule has 1 saturated carbocycles. The maximum Gasteiger partial charge on any atom is 0.233 e. The van der Waals surface area contributed by atoms with E-state index in [0.717, 1.165) is 36.8 Å². The van der Waals surface area contributed by atoms with Gasteiger partial charge in [0.15, 0.2) is 0 Å². The SMILES string of the molecule is Cc1ccccc1C(C)NC(=O)CCN1C(=O)C2CCCCC2C1=O. The van der Waals surface area contributed by atoms with Crippen molar-refractivity contribution in [3.8, 4) is 0 Å². The summed E-state index contributed by atoms with van der Waals surface area (Å²) in [5.74, 6) is -0.569. The topological polar surface area (TPSA) is 66.5 Å². The molecule has 0 aromatic heterocycles. The monoisotopic (exact) mass is 342 g/mol. The minimum Gasteiger partial charge on any atom is -0.350 e. The summed E-state index contributed by atoms with van der Waals surface area (Å²) in [6.45, 7) is 4.15. The average Bonchev–Trinajstić information content (AvgIpc) is 2.85. The van der Waals surface area contributed by atoms with Crippen LogP contribution in [0.3, 0.4) is 0 Å². The van der Waals surface area contributed by atoms with Gasteiger partial charge in [0, 0.05) is 13.0 Å². The number of imide groups is 1. The number of hydrogen-bond donors (Lipinski definition) is 1. The molecule has 2 aliphatic rings. The van der Waals surface area contributed by atoms with Crippen molar-refractivity contribution in [2.24, 2.45) is 11.8 Å². The first kappa shape index (κ1) is 17.6. The summed E-state index contributed by atoms with van der Waals surface area (Å²) < 4.78 is 0. The van der Waals surface area contributed by atoms with Crippen molar-refractivity contribution in [1.29, 1.82) is 0 Å². The third kappa shape index (κ3) is 3.60. The van der Waals surface area contributed by atoms with E-state index in [1.54, 1.807) is 0 Å². The van der Waals surface area contributed by atoms with Crippen molar-refractivity contribution in [3.05, 3.63) is 35.4 Å². The first-order valence-electron chi connectivity index (χ1n) is 9.19. The molecule has 1 heterocycles. The van der Waals surface area contributed by atoms with Gasteiger partial charge in [0.2, 0.25) is 17.7 Å². The first-order valence-corrected chi connectivity index (χ1v) is 9.19. The molecule has 2 fully saturated rings. The first-order chi connectivity index (χ1) is 12.0. The average molecular weight is 342 g/mol. The van der Waals surface area contributed by atoms with Crippen molar-refractivity contribution >= 4 is 17.7 Å². The molecule has 1 aromatic carbocycles. The number of nitrogens with zero attached hydrogens (tertiary/aromatic N) is 1. The lowest BCUT2D eigenvalue weighted by atomic mass is 9.81. The zero-order chi connectivity index (χ0) is 18.0. The molecule has 3 unspecified atom stereocenters. The summed E-state index contributed by atoms with van der Waals surface area (Å²) in [4.78, 5) is 38.4. The number of amides is 3. The largest absolute Gasteiger partial charge is 0.350 e. The van der Waals surface area contributed by atoms with Crippen molar-refractivity contribution < 1.29 is 14.4 Å². The molecule has 134 valence electrons. The normalized spacial score (nSPS) is 24.2. The number of likely N-dealkylation sites (tertiary alicyclic amines) is 1. The predicted octanol–water partition coefficient (Wildman–Crippen LogP) is 2.74. The third-order valence-corrected chi connectivity index (χ3v) is 5.53. The molecule has 25 heavy (non-hydrogen) atoms. The number of nitrogens with one attached hydrogen (secondary N) is 1. The number of benzene rings is 1. The van der Waals surface area contributed by atoms with E-state index in [1.807, 2.05) is 38.1 Å².